The number of nitrogens with one attached hydrogen (secondary N) is 3. The number of hydrogen-bond donors (Lipinski definition) is 3. The standard InChI is InChI=1S/C21H24ClN5S/c1-11-12(2)28-19-17(11)18(14-5-7-16(22)8-6-14)26-21(9-15(21)10-25-4)20(24)27(19)13(3)23/h5-8,15,23-25H,9-10H2,1-4H3/t15?,21-/m0/s1. The fourth-order valence-corrected chi connectivity index (χ4v) is 5.36. The summed E-state index contributed by atoms with van der Waals surface area (Å²) in [4.78, 5) is 8.20. The van der Waals surface area contributed by atoms with Gasteiger partial charge in [-0.2, -0.15) is 0 Å². The molecule has 2 aliphatic rings. The quantitative estimate of drug-likeness (QED) is 0.507. The van der Waals surface area contributed by atoms with Crippen LogP contribution >= 0.6 is 22.9 Å². The first-order valence-corrected chi connectivity index (χ1v) is 10.5. The third-order valence-corrected chi connectivity index (χ3v) is 7.17. The Morgan fingerprint density at radius 1 is 1.36 bits per heavy atom. The lowest BCUT2D eigenvalue weighted by Gasteiger charge is -2.25. The Morgan fingerprint density at radius 2 is 2.04 bits per heavy atom. The van der Waals surface area contributed by atoms with Gasteiger partial charge in [0.25, 0.3) is 0 Å². The normalized spacial score (nSPS) is 23.5. The Labute approximate surface area is 174 Å². The van der Waals surface area contributed by atoms with Crippen LogP contribution in [-0.4, -0.2) is 36.5 Å². The van der Waals surface area contributed by atoms with Gasteiger partial charge in [0, 0.05) is 33.5 Å². The van der Waals surface area contributed by atoms with Crippen LogP contribution in [0.3, 0.4) is 0 Å². The van der Waals surface area contributed by atoms with Gasteiger partial charge in [0.05, 0.1) is 5.71 Å². The van der Waals surface area contributed by atoms with Crippen LogP contribution in [0.25, 0.3) is 0 Å². The number of hydrogen-bond acceptors (Lipinski definition) is 5. The van der Waals surface area contributed by atoms with Crippen molar-refractivity contribution in [1.29, 1.82) is 10.8 Å². The number of aryl methyl sites for hydroxylation is 1. The number of rotatable bonds is 3. The Morgan fingerprint density at radius 3 is 2.64 bits per heavy atom. The van der Waals surface area contributed by atoms with Crippen LogP contribution in [0.5, 0.6) is 0 Å². The molecule has 1 unspecified atom stereocenters. The van der Waals surface area contributed by atoms with E-state index >= 15 is 0 Å². The predicted molar refractivity (Wildman–Crippen MR) is 119 cm³/mol. The minimum atomic E-state index is -0.584. The monoisotopic (exact) mass is 413 g/mol. The number of halogens is 1. The van der Waals surface area contributed by atoms with E-state index in [2.05, 4.69) is 19.2 Å². The third-order valence-electron chi connectivity index (χ3n) is 5.73. The fraction of sp³-hybridized carbons (Fsp3) is 0.381. The molecule has 2 heterocycles. The number of aliphatic imine (C=N–C) groups is 1. The maximum atomic E-state index is 9.02. The van der Waals surface area contributed by atoms with E-state index in [0.717, 1.165) is 40.4 Å². The first kappa shape index (κ1) is 19.3. The van der Waals surface area contributed by atoms with Crippen LogP contribution in [0.1, 0.15) is 34.9 Å². The van der Waals surface area contributed by atoms with Crippen LogP contribution < -0.4 is 10.2 Å². The predicted octanol–water partition coefficient (Wildman–Crippen LogP) is 4.63. The Balaban J connectivity index is 1.99. The van der Waals surface area contributed by atoms with Crippen molar-refractivity contribution >= 4 is 45.3 Å². The van der Waals surface area contributed by atoms with E-state index in [0.29, 0.717) is 16.7 Å². The minimum absolute atomic E-state index is 0.254. The van der Waals surface area contributed by atoms with Crippen LogP contribution in [0.2, 0.25) is 5.02 Å². The van der Waals surface area contributed by atoms with Crippen molar-refractivity contribution in [1.82, 2.24) is 5.32 Å². The molecule has 7 heteroatoms. The van der Waals surface area contributed by atoms with E-state index in [4.69, 9.17) is 27.4 Å². The molecule has 0 radical (unpaired) electrons. The summed E-state index contributed by atoms with van der Waals surface area (Å²) in [6, 6.07) is 7.76. The summed E-state index contributed by atoms with van der Waals surface area (Å²) in [7, 11) is 1.93. The molecule has 1 saturated carbocycles. The molecular weight excluding hydrogens is 390 g/mol. The SMILES string of the molecule is CNCC1C[C@]12N=C(c1ccc(Cl)cc1)c1c(sc(C)c1C)N(C(C)=N)C2=N. The van der Waals surface area contributed by atoms with Gasteiger partial charge in [-0.05, 0) is 51.9 Å². The third kappa shape index (κ3) is 2.82. The Kier molecular flexibility index (Phi) is 4.68. The van der Waals surface area contributed by atoms with E-state index in [9.17, 15) is 0 Å². The second-order valence-electron chi connectivity index (χ2n) is 7.58. The lowest BCUT2D eigenvalue weighted by molar-refractivity contribution is 0.661. The number of nitrogens with zero attached hydrogens (tertiary/aromatic N) is 2. The molecule has 146 valence electrons. The van der Waals surface area contributed by atoms with Crippen LogP contribution in [0, 0.1) is 30.6 Å². The molecular formula is C21H24ClN5S. The fourth-order valence-electron chi connectivity index (χ4n) is 4.02. The average molecular weight is 414 g/mol. The van der Waals surface area contributed by atoms with Crippen molar-refractivity contribution in [3.8, 4) is 0 Å². The van der Waals surface area contributed by atoms with E-state index in [-0.39, 0.29) is 5.92 Å². The molecule has 3 N–H and O–H groups in total. The number of amidine groups is 2. The van der Waals surface area contributed by atoms with Crippen molar-refractivity contribution in [2.75, 3.05) is 18.5 Å². The lowest BCUT2D eigenvalue weighted by atomic mass is 9.99. The van der Waals surface area contributed by atoms with E-state index in [1.807, 2.05) is 31.3 Å². The van der Waals surface area contributed by atoms with Gasteiger partial charge in [0.2, 0.25) is 0 Å². The maximum Gasteiger partial charge on any atom is 0.135 e. The zero-order valence-corrected chi connectivity index (χ0v) is 18.1. The van der Waals surface area contributed by atoms with Crippen molar-refractivity contribution < 1.29 is 0 Å². The molecule has 2 atom stereocenters. The molecule has 4 rings (SSSR count). The average Bonchev–Trinajstić information content (AvgIpc) is 3.28. The molecule has 28 heavy (non-hydrogen) atoms. The highest BCUT2D eigenvalue weighted by atomic mass is 35.5. The zero-order chi connectivity index (χ0) is 20.2. The molecule has 1 fully saturated rings. The van der Waals surface area contributed by atoms with Gasteiger partial charge in [-0.3, -0.25) is 20.7 Å². The highest BCUT2D eigenvalue weighted by Gasteiger charge is 2.61. The number of thiophene rings is 1. The second kappa shape index (κ2) is 6.79. The van der Waals surface area contributed by atoms with Gasteiger partial charge < -0.3 is 5.32 Å². The summed E-state index contributed by atoms with van der Waals surface area (Å²) >= 11 is 7.76. The molecule has 1 aliphatic carbocycles. The molecule has 1 aromatic heterocycles. The summed E-state index contributed by atoms with van der Waals surface area (Å²) in [5.74, 6) is 1.02. The van der Waals surface area contributed by atoms with Crippen molar-refractivity contribution in [3.63, 3.8) is 0 Å². The number of benzene rings is 1. The summed E-state index contributed by atoms with van der Waals surface area (Å²) in [6.07, 6.45) is 0.820. The number of fused-ring (bicyclic) bond motifs is 1. The Hall–Kier alpha value is -2.02. The molecule has 1 spiro atoms. The highest BCUT2D eigenvalue weighted by molar-refractivity contribution is 7.17. The molecule has 2 aromatic rings. The van der Waals surface area contributed by atoms with E-state index in [1.54, 1.807) is 23.2 Å². The topological polar surface area (TPSA) is 75.3 Å². The van der Waals surface area contributed by atoms with Gasteiger partial charge in [-0.25, -0.2) is 0 Å². The summed E-state index contributed by atoms with van der Waals surface area (Å²) in [5, 5.41) is 22.3. The second-order valence-corrected chi connectivity index (χ2v) is 9.22. The smallest absolute Gasteiger partial charge is 0.135 e. The first-order valence-electron chi connectivity index (χ1n) is 9.35. The van der Waals surface area contributed by atoms with Crippen LogP contribution in [0.4, 0.5) is 5.00 Å². The summed E-state index contributed by atoms with van der Waals surface area (Å²) < 4.78 is 0. The van der Waals surface area contributed by atoms with E-state index < -0.39 is 5.54 Å². The largest absolute Gasteiger partial charge is 0.319 e. The lowest BCUT2D eigenvalue weighted by Crippen LogP contribution is -2.43. The molecule has 0 bridgehead atoms. The van der Waals surface area contributed by atoms with E-state index in [1.165, 1.54) is 4.88 Å². The number of anilines is 1. The van der Waals surface area contributed by atoms with Crippen LogP contribution in [-0.2, 0) is 0 Å². The molecule has 0 amide bonds. The first-order chi connectivity index (χ1) is 13.3. The highest BCUT2D eigenvalue weighted by Crippen LogP contribution is 2.53. The summed E-state index contributed by atoms with van der Waals surface area (Å²) in [5.41, 5.74) is 3.52. The van der Waals surface area contributed by atoms with Gasteiger partial charge in [0.15, 0.2) is 0 Å². The van der Waals surface area contributed by atoms with Crippen molar-refractivity contribution in [2.45, 2.75) is 32.7 Å². The maximum absolute atomic E-state index is 9.02. The molecule has 1 aliphatic heterocycles. The molecule has 5 nitrogen and oxygen atoms in total. The Bertz CT molecular complexity index is 1010. The van der Waals surface area contributed by atoms with Gasteiger partial charge in [-0.15, -0.1) is 11.3 Å². The minimum Gasteiger partial charge on any atom is -0.319 e. The molecule has 0 saturated heterocycles. The van der Waals surface area contributed by atoms with Gasteiger partial charge in [-0.1, -0.05) is 23.7 Å². The van der Waals surface area contributed by atoms with Gasteiger partial charge >= 0.3 is 0 Å². The molecule has 1 aromatic carbocycles. The van der Waals surface area contributed by atoms with Crippen LogP contribution in [0.15, 0.2) is 29.3 Å². The van der Waals surface area contributed by atoms with Crippen molar-refractivity contribution in [2.24, 2.45) is 10.9 Å². The summed E-state index contributed by atoms with van der Waals surface area (Å²) in [6.45, 7) is 6.74. The van der Waals surface area contributed by atoms with Crippen molar-refractivity contribution in [3.05, 3.63) is 50.9 Å². The zero-order valence-electron chi connectivity index (χ0n) is 16.5. The van der Waals surface area contributed by atoms with Gasteiger partial charge in [0.1, 0.15) is 22.2 Å².